The lowest BCUT2D eigenvalue weighted by atomic mass is 10.1. The van der Waals surface area contributed by atoms with Crippen LogP contribution in [-0.4, -0.2) is 10.9 Å². The molecule has 2 rings (SSSR count). The fourth-order valence-electron chi connectivity index (χ4n) is 1.69. The average Bonchev–Trinajstić information content (AvgIpc) is 2.40. The van der Waals surface area contributed by atoms with Crippen molar-refractivity contribution in [2.24, 2.45) is 0 Å². The highest BCUT2D eigenvalue weighted by Crippen LogP contribution is 2.16. The normalized spacial score (nSPS) is 10.2. The maximum atomic E-state index is 12.1. The minimum Gasteiger partial charge on any atom is -0.397 e. The molecule has 0 unspecified atom stereocenters. The summed E-state index contributed by atoms with van der Waals surface area (Å²) < 4.78 is 0.970. The van der Waals surface area contributed by atoms with Crippen LogP contribution in [0.3, 0.4) is 0 Å². The molecular formula is C14H14BrN3O. The highest BCUT2D eigenvalue weighted by molar-refractivity contribution is 9.10. The summed E-state index contributed by atoms with van der Waals surface area (Å²) in [5, 5.41) is 2.86. The number of anilines is 1. The van der Waals surface area contributed by atoms with Crippen molar-refractivity contribution in [1.82, 2.24) is 10.3 Å². The number of carbonyl (C=O) groups excluding carboxylic acids is 1. The summed E-state index contributed by atoms with van der Waals surface area (Å²) in [5.41, 5.74) is 8.32. The van der Waals surface area contributed by atoms with E-state index in [9.17, 15) is 4.79 Å². The lowest BCUT2D eigenvalue weighted by Gasteiger charge is -2.09. The second-order valence-electron chi connectivity index (χ2n) is 4.18. The molecule has 1 heterocycles. The lowest BCUT2D eigenvalue weighted by Crippen LogP contribution is -2.24. The first-order valence-electron chi connectivity index (χ1n) is 5.81. The van der Waals surface area contributed by atoms with Crippen LogP contribution in [0.2, 0.25) is 0 Å². The second-order valence-corrected chi connectivity index (χ2v) is 5.03. The summed E-state index contributed by atoms with van der Waals surface area (Å²) in [5.74, 6) is -0.173. The Balaban J connectivity index is 2.10. The Hall–Kier alpha value is -1.88. The van der Waals surface area contributed by atoms with Crippen molar-refractivity contribution in [3.8, 4) is 0 Å². The first kappa shape index (κ1) is 13.5. The van der Waals surface area contributed by atoms with E-state index in [2.05, 4.69) is 26.2 Å². The van der Waals surface area contributed by atoms with Gasteiger partial charge in [0.05, 0.1) is 23.1 Å². The van der Waals surface area contributed by atoms with Crippen molar-refractivity contribution < 1.29 is 4.79 Å². The van der Waals surface area contributed by atoms with Gasteiger partial charge in [-0.3, -0.25) is 9.78 Å². The van der Waals surface area contributed by atoms with E-state index >= 15 is 0 Å². The highest BCUT2D eigenvalue weighted by atomic mass is 79.9. The zero-order valence-electron chi connectivity index (χ0n) is 10.5. The molecule has 98 valence electrons. The molecule has 0 radical (unpaired) electrons. The fourth-order valence-corrected chi connectivity index (χ4v) is 2.12. The Morgan fingerprint density at radius 1 is 1.42 bits per heavy atom. The van der Waals surface area contributed by atoms with E-state index in [1.807, 2.05) is 24.3 Å². The third-order valence-corrected chi connectivity index (χ3v) is 3.52. The summed E-state index contributed by atoms with van der Waals surface area (Å²) in [6.45, 7) is 2.24. The largest absolute Gasteiger partial charge is 0.397 e. The zero-order chi connectivity index (χ0) is 13.8. The van der Waals surface area contributed by atoms with Crippen molar-refractivity contribution in [2.45, 2.75) is 13.5 Å². The average molecular weight is 320 g/mol. The number of nitrogen functional groups attached to an aromatic ring is 1. The van der Waals surface area contributed by atoms with Gasteiger partial charge in [0, 0.05) is 11.0 Å². The number of nitrogens with one attached hydrogen (secondary N) is 1. The quantitative estimate of drug-likeness (QED) is 0.913. The minimum atomic E-state index is -0.173. The van der Waals surface area contributed by atoms with Gasteiger partial charge in [0.25, 0.3) is 5.91 Å². The number of halogens is 1. The molecule has 0 aliphatic rings. The molecule has 1 aromatic carbocycles. The number of hydrogen-bond acceptors (Lipinski definition) is 3. The summed E-state index contributed by atoms with van der Waals surface area (Å²) in [6.07, 6.45) is 1.54. The van der Waals surface area contributed by atoms with Crippen LogP contribution in [0.5, 0.6) is 0 Å². The Labute approximate surface area is 120 Å². The van der Waals surface area contributed by atoms with E-state index in [1.165, 1.54) is 0 Å². The van der Waals surface area contributed by atoms with Gasteiger partial charge in [-0.1, -0.05) is 34.1 Å². The molecule has 0 bridgehead atoms. The van der Waals surface area contributed by atoms with Crippen LogP contribution in [-0.2, 0) is 6.54 Å². The molecule has 0 aliphatic carbocycles. The number of benzene rings is 1. The molecule has 0 aliphatic heterocycles. The standard InChI is InChI=1S/C14H14BrN3O/c1-9-12(6-11(16)8-17-9)14(19)18-7-10-4-2-3-5-13(10)15/h2-6,8H,7,16H2,1H3,(H,18,19). The van der Waals surface area contributed by atoms with E-state index < -0.39 is 0 Å². The Kier molecular flexibility index (Phi) is 4.16. The predicted octanol–water partition coefficient (Wildman–Crippen LogP) is 2.66. The second kappa shape index (κ2) is 5.84. The van der Waals surface area contributed by atoms with Crippen LogP contribution in [0.25, 0.3) is 0 Å². The predicted molar refractivity (Wildman–Crippen MR) is 78.7 cm³/mol. The number of nitrogens with zero attached hydrogens (tertiary/aromatic N) is 1. The van der Waals surface area contributed by atoms with Gasteiger partial charge < -0.3 is 11.1 Å². The summed E-state index contributed by atoms with van der Waals surface area (Å²) in [7, 11) is 0. The molecule has 5 heteroatoms. The molecule has 3 N–H and O–H groups in total. The lowest BCUT2D eigenvalue weighted by molar-refractivity contribution is 0.0950. The van der Waals surface area contributed by atoms with Crippen LogP contribution in [0, 0.1) is 6.92 Å². The summed E-state index contributed by atoms with van der Waals surface area (Å²) in [4.78, 5) is 16.2. The molecular weight excluding hydrogens is 306 g/mol. The number of aromatic nitrogens is 1. The first-order chi connectivity index (χ1) is 9.08. The SMILES string of the molecule is Cc1ncc(N)cc1C(=O)NCc1ccccc1Br. The Morgan fingerprint density at radius 2 is 2.16 bits per heavy atom. The Bertz CT molecular complexity index is 613. The van der Waals surface area contributed by atoms with E-state index in [0.29, 0.717) is 23.5 Å². The number of amides is 1. The molecule has 0 saturated heterocycles. The molecule has 0 atom stereocenters. The van der Waals surface area contributed by atoms with E-state index in [1.54, 1.807) is 19.2 Å². The third kappa shape index (κ3) is 3.32. The van der Waals surface area contributed by atoms with Crippen molar-refractivity contribution >= 4 is 27.5 Å². The molecule has 1 amide bonds. The van der Waals surface area contributed by atoms with Crippen molar-refractivity contribution in [3.63, 3.8) is 0 Å². The number of nitrogens with two attached hydrogens (primary N) is 1. The van der Waals surface area contributed by atoms with Crippen LogP contribution >= 0.6 is 15.9 Å². The first-order valence-corrected chi connectivity index (χ1v) is 6.61. The number of carbonyl (C=O) groups is 1. The van der Waals surface area contributed by atoms with Gasteiger partial charge in [-0.05, 0) is 24.6 Å². The molecule has 0 fully saturated rings. The van der Waals surface area contributed by atoms with Gasteiger partial charge in [0.1, 0.15) is 0 Å². The van der Waals surface area contributed by atoms with Crippen LogP contribution in [0.15, 0.2) is 41.0 Å². The monoisotopic (exact) mass is 319 g/mol. The van der Waals surface area contributed by atoms with Crippen molar-refractivity contribution in [2.75, 3.05) is 5.73 Å². The topological polar surface area (TPSA) is 68.0 Å². The highest BCUT2D eigenvalue weighted by Gasteiger charge is 2.10. The number of pyridine rings is 1. The van der Waals surface area contributed by atoms with Gasteiger partial charge in [0.15, 0.2) is 0 Å². The van der Waals surface area contributed by atoms with E-state index in [4.69, 9.17) is 5.73 Å². The zero-order valence-corrected chi connectivity index (χ0v) is 12.1. The molecule has 0 saturated carbocycles. The number of rotatable bonds is 3. The summed E-state index contributed by atoms with van der Waals surface area (Å²) >= 11 is 3.45. The fraction of sp³-hybridized carbons (Fsp3) is 0.143. The maximum Gasteiger partial charge on any atom is 0.253 e. The van der Waals surface area contributed by atoms with Crippen LogP contribution in [0.1, 0.15) is 21.6 Å². The van der Waals surface area contributed by atoms with Crippen molar-refractivity contribution in [1.29, 1.82) is 0 Å². The van der Waals surface area contributed by atoms with Crippen molar-refractivity contribution in [3.05, 3.63) is 57.8 Å². The molecule has 2 aromatic rings. The number of hydrogen-bond donors (Lipinski definition) is 2. The molecule has 4 nitrogen and oxygen atoms in total. The van der Waals surface area contributed by atoms with Gasteiger partial charge in [-0.2, -0.15) is 0 Å². The van der Waals surface area contributed by atoms with Gasteiger partial charge >= 0.3 is 0 Å². The minimum absolute atomic E-state index is 0.173. The van der Waals surface area contributed by atoms with E-state index in [-0.39, 0.29) is 5.91 Å². The third-order valence-electron chi connectivity index (χ3n) is 2.75. The van der Waals surface area contributed by atoms with Gasteiger partial charge in [0.2, 0.25) is 0 Å². The number of aryl methyl sites for hydroxylation is 1. The molecule has 19 heavy (non-hydrogen) atoms. The smallest absolute Gasteiger partial charge is 0.253 e. The maximum absolute atomic E-state index is 12.1. The van der Waals surface area contributed by atoms with Gasteiger partial charge in [-0.25, -0.2) is 0 Å². The molecule has 0 spiro atoms. The van der Waals surface area contributed by atoms with Crippen LogP contribution in [0.4, 0.5) is 5.69 Å². The molecule has 1 aromatic heterocycles. The Morgan fingerprint density at radius 3 is 2.89 bits per heavy atom. The van der Waals surface area contributed by atoms with Crippen LogP contribution < -0.4 is 11.1 Å². The van der Waals surface area contributed by atoms with E-state index in [0.717, 1.165) is 10.0 Å². The van der Waals surface area contributed by atoms with Gasteiger partial charge in [-0.15, -0.1) is 0 Å². The summed E-state index contributed by atoms with van der Waals surface area (Å²) in [6, 6.07) is 9.39.